The summed E-state index contributed by atoms with van der Waals surface area (Å²) in [6, 6.07) is 4.74. The van der Waals surface area contributed by atoms with Crippen molar-refractivity contribution in [1.82, 2.24) is 0 Å². The van der Waals surface area contributed by atoms with Gasteiger partial charge in [0.2, 0.25) is 0 Å². The fraction of sp³-hybridized carbons (Fsp3) is 0.571. The Morgan fingerprint density at radius 3 is 2.28 bits per heavy atom. The largest absolute Gasteiger partial charge is 0.207 e. The summed E-state index contributed by atoms with van der Waals surface area (Å²) in [5.41, 5.74) is 0.368. The lowest BCUT2D eigenvalue weighted by Gasteiger charge is -2.31. The first kappa shape index (κ1) is 16.1. The van der Waals surface area contributed by atoms with Gasteiger partial charge in [-0.25, -0.2) is 4.39 Å². The molecular weight excluding hydrogens is 294 g/mol. The molecule has 0 spiro atoms. The molecule has 0 N–H and O–H groups in total. The van der Waals surface area contributed by atoms with Crippen LogP contribution in [0, 0.1) is 17.2 Å². The second-order valence-electron chi connectivity index (χ2n) is 5.28. The molecule has 0 aromatic heterocycles. The number of alkyl halides is 2. The minimum absolute atomic E-state index is 0.258. The maximum Gasteiger partial charge on any atom is 0.127 e. The molecule has 1 aromatic rings. The lowest BCUT2D eigenvalue weighted by Crippen LogP contribution is -2.30. The molecule has 0 unspecified atom stereocenters. The normalized spacial score (nSPS) is 12.2. The molecule has 0 saturated carbocycles. The molecule has 0 amide bonds. The van der Waals surface area contributed by atoms with E-state index in [0.717, 1.165) is 6.42 Å². The standard InChI is InChI=1S/C14H18Cl3F/c1-10(2)6-14(8-15,9-16)7-11-3-4-12(17)5-13(11)18/h3-5,10H,6-9H2,1-2H3. The Hall–Kier alpha value is 0.0200. The molecule has 1 rings (SSSR count). The van der Waals surface area contributed by atoms with Gasteiger partial charge in [0.15, 0.2) is 0 Å². The van der Waals surface area contributed by atoms with Crippen molar-refractivity contribution in [3.63, 3.8) is 0 Å². The van der Waals surface area contributed by atoms with Crippen LogP contribution in [-0.2, 0) is 6.42 Å². The van der Waals surface area contributed by atoms with Gasteiger partial charge in [0.05, 0.1) is 0 Å². The SMILES string of the molecule is CC(C)CC(CCl)(CCl)Cc1ccc(Cl)cc1F. The number of rotatable bonds is 6. The van der Waals surface area contributed by atoms with Gasteiger partial charge in [-0.3, -0.25) is 0 Å². The molecule has 0 nitrogen and oxygen atoms in total. The van der Waals surface area contributed by atoms with E-state index in [0.29, 0.717) is 34.7 Å². The predicted octanol–water partition coefficient (Wildman–Crippen LogP) is 5.53. The van der Waals surface area contributed by atoms with Crippen molar-refractivity contribution >= 4 is 34.8 Å². The van der Waals surface area contributed by atoms with Gasteiger partial charge in [-0.15, -0.1) is 23.2 Å². The van der Waals surface area contributed by atoms with Crippen LogP contribution in [0.15, 0.2) is 18.2 Å². The van der Waals surface area contributed by atoms with Crippen molar-refractivity contribution in [2.45, 2.75) is 26.7 Å². The zero-order chi connectivity index (χ0) is 13.8. The minimum Gasteiger partial charge on any atom is -0.207 e. The molecule has 0 heterocycles. The summed E-state index contributed by atoms with van der Waals surface area (Å²) < 4.78 is 13.8. The van der Waals surface area contributed by atoms with Crippen LogP contribution >= 0.6 is 34.8 Å². The molecule has 0 bridgehead atoms. The zero-order valence-corrected chi connectivity index (χ0v) is 12.9. The van der Waals surface area contributed by atoms with E-state index in [9.17, 15) is 4.39 Å². The Bertz CT molecular complexity index is 387. The Labute approximate surface area is 123 Å². The van der Waals surface area contributed by atoms with E-state index >= 15 is 0 Å². The smallest absolute Gasteiger partial charge is 0.127 e. The first-order valence-electron chi connectivity index (χ1n) is 5.98. The van der Waals surface area contributed by atoms with Gasteiger partial charge in [0, 0.05) is 22.2 Å². The molecule has 0 radical (unpaired) electrons. The molecule has 0 aliphatic rings. The predicted molar refractivity (Wildman–Crippen MR) is 78.4 cm³/mol. The van der Waals surface area contributed by atoms with Crippen LogP contribution in [0.2, 0.25) is 5.02 Å². The highest BCUT2D eigenvalue weighted by atomic mass is 35.5. The van der Waals surface area contributed by atoms with E-state index in [1.54, 1.807) is 12.1 Å². The molecule has 0 aliphatic heterocycles. The van der Waals surface area contributed by atoms with Crippen molar-refractivity contribution in [2.75, 3.05) is 11.8 Å². The van der Waals surface area contributed by atoms with Crippen molar-refractivity contribution in [3.05, 3.63) is 34.6 Å². The Morgan fingerprint density at radius 1 is 1.22 bits per heavy atom. The summed E-state index contributed by atoms with van der Waals surface area (Å²) in [5.74, 6) is 1.04. The summed E-state index contributed by atoms with van der Waals surface area (Å²) in [6.45, 7) is 4.23. The summed E-state index contributed by atoms with van der Waals surface area (Å²) >= 11 is 17.9. The fourth-order valence-electron chi connectivity index (χ4n) is 2.25. The van der Waals surface area contributed by atoms with Crippen molar-refractivity contribution in [2.24, 2.45) is 11.3 Å². The van der Waals surface area contributed by atoms with Gasteiger partial charge >= 0.3 is 0 Å². The Kier molecular flexibility index (Phi) is 6.23. The van der Waals surface area contributed by atoms with E-state index in [1.807, 2.05) is 0 Å². The molecule has 1 aromatic carbocycles. The highest BCUT2D eigenvalue weighted by Gasteiger charge is 2.30. The number of hydrogen-bond acceptors (Lipinski definition) is 0. The summed E-state index contributed by atoms with van der Waals surface area (Å²) in [6.07, 6.45) is 1.42. The van der Waals surface area contributed by atoms with E-state index < -0.39 is 0 Å². The van der Waals surface area contributed by atoms with Crippen LogP contribution in [0.1, 0.15) is 25.8 Å². The van der Waals surface area contributed by atoms with Gasteiger partial charge in [-0.2, -0.15) is 0 Å². The average Bonchev–Trinajstić information content (AvgIpc) is 2.31. The highest BCUT2D eigenvalue weighted by Crippen LogP contribution is 2.34. The first-order valence-corrected chi connectivity index (χ1v) is 7.43. The van der Waals surface area contributed by atoms with Gasteiger partial charge < -0.3 is 0 Å². The third-order valence-corrected chi connectivity index (χ3v) is 4.36. The van der Waals surface area contributed by atoms with E-state index in [-0.39, 0.29) is 11.2 Å². The van der Waals surface area contributed by atoms with Crippen molar-refractivity contribution in [1.29, 1.82) is 0 Å². The quantitative estimate of drug-likeness (QED) is 0.606. The topological polar surface area (TPSA) is 0 Å². The van der Waals surface area contributed by atoms with Gasteiger partial charge in [0.25, 0.3) is 0 Å². The molecule has 0 fully saturated rings. The Morgan fingerprint density at radius 2 is 1.83 bits per heavy atom. The molecule has 0 saturated heterocycles. The van der Waals surface area contributed by atoms with Gasteiger partial charge in [-0.1, -0.05) is 31.5 Å². The van der Waals surface area contributed by atoms with Crippen LogP contribution in [0.5, 0.6) is 0 Å². The first-order chi connectivity index (χ1) is 8.42. The fourth-order valence-corrected chi connectivity index (χ4v) is 3.10. The molecule has 0 aliphatic carbocycles. The molecule has 18 heavy (non-hydrogen) atoms. The second kappa shape index (κ2) is 6.98. The van der Waals surface area contributed by atoms with Crippen LogP contribution in [0.3, 0.4) is 0 Å². The van der Waals surface area contributed by atoms with Gasteiger partial charge in [0.1, 0.15) is 5.82 Å². The van der Waals surface area contributed by atoms with Crippen LogP contribution in [0.4, 0.5) is 4.39 Å². The summed E-state index contributed by atoms with van der Waals surface area (Å²) in [5, 5.41) is 0.405. The van der Waals surface area contributed by atoms with Crippen LogP contribution < -0.4 is 0 Å². The number of halogens is 4. The van der Waals surface area contributed by atoms with Crippen molar-refractivity contribution in [3.8, 4) is 0 Å². The minimum atomic E-state index is -0.286. The molecule has 0 atom stereocenters. The highest BCUT2D eigenvalue weighted by molar-refractivity contribution is 6.30. The maximum atomic E-state index is 13.8. The summed E-state index contributed by atoms with van der Waals surface area (Å²) in [4.78, 5) is 0. The summed E-state index contributed by atoms with van der Waals surface area (Å²) in [7, 11) is 0. The van der Waals surface area contributed by atoms with E-state index in [1.165, 1.54) is 6.07 Å². The zero-order valence-electron chi connectivity index (χ0n) is 10.6. The second-order valence-corrected chi connectivity index (χ2v) is 6.25. The monoisotopic (exact) mass is 310 g/mol. The number of hydrogen-bond donors (Lipinski definition) is 0. The van der Waals surface area contributed by atoms with E-state index in [4.69, 9.17) is 34.8 Å². The third kappa shape index (κ3) is 4.29. The third-order valence-electron chi connectivity index (χ3n) is 2.99. The number of benzene rings is 1. The van der Waals surface area contributed by atoms with Crippen LogP contribution in [0.25, 0.3) is 0 Å². The van der Waals surface area contributed by atoms with Crippen LogP contribution in [-0.4, -0.2) is 11.8 Å². The lowest BCUT2D eigenvalue weighted by molar-refractivity contribution is 0.292. The van der Waals surface area contributed by atoms with Gasteiger partial charge in [-0.05, 0) is 36.5 Å². The maximum absolute atomic E-state index is 13.8. The lowest BCUT2D eigenvalue weighted by atomic mass is 9.78. The molecular formula is C14H18Cl3F. The van der Waals surface area contributed by atoms with Crippen molar-refractivity contribution < 1.29 is 4.39 Å². The Balaban J connectivity index is 2.95. The average molecular weight is 312 g/mol. The molecule has 102 valence electrons. The molecule has 4 heteroatoms. The van der Waals surface area contributed by atoms with E-state index in [2.05, 4.69) is 13.8 Å².